The zero-order valence-electron chi connectivity index (χ0n) is 22.9. The second-order valence-electron chi connectivity index (χ2n) is 8.83. The quantitative estimate of drug-likeness (QED) is 0.203. The Morgan fingerprint density at radius 1 is 0.714 bits per heavy atom. The number of methoxy groups -OCH3 is 2. The third kappa shape index (κ3) is 7.72. The molecule has 0 saturated heterocycles. The molecule has 0 aliphatic rings. The summed E-state index contributed by atoms with van der Waals surface area (Å²) in [6, 6.07) is 14.3. The molecule has 0 bridgehead atoms. The molecule has 0 saturated carbocycles. The van der Waals surface area contributed by atoms with Crippen molar-refractivity contribution in [3.8, 4) is 11.5 Å². The summed E-state index contributed by atoms with van der Waals surface area (Å²) in [6.45, 7) is 2.90. The third-order valence-electron chi connectivity index (χ3n) is 5.94. The van der Waals surface area contributed by atoms with E-state index in [2.05, 4.69) is 4.98 Å². The first-order chi connectivity index (χ1) is 19.9. The lowest BCUT2D eigenvalue weighted by Gasteiger charge is -2.16. The van der Waals surface area contributed by atoms with Gasteiger partial charge < -0.3 is 14.5 Å². The lowest BCUT2D eigenvalue weighted by molar-refractivity contribution is 0.0995. The fourth-order valence-electron chi connectivity index (χ4n) is 3.84. The predicted molar refractivity (Wildman–Crippen MR) is 172 cm³/mol. The highest BCUT2D eigenvalue weighted by Gasteiger charge is 2.21. The Morgan fingerprint density at radius 2 is 1.19 bits per heavy atom. The van der Waals surface area contributed by atoms with Crippen molar-refractivity contribution < 1.29 is 19.1 Å². The van der Waals surface area contributed by atoms with E-state index in [1.807, 2.05) is 39.7 Å². The maximum atomic E-state index is 13.2. The first kappa shape index (κ1) is 32.7. The van der Waals surface area contributed by atoms with Crippen LogP contribution in [0.15, 0.2) is 67.7 Å². The van der Waals surface area contributed by atoms with E-state index in [0.717, 1.165) is 15.7 Å². The van der Waals surface area contributed by atoms with Gasteiger partial charge in [-0.05, 0) is 80.6 Å². The molecule has 2 heterocycles. The molecular weight excluding hydrogens is 774 g/mol. The van der Waals surface area contributed by atoms with Gasteiger partial charge in [0, 0.05) is 13.8 Å². The zero-order valence-corrected chi connectivity index (χ0v) is 27.3. The number of carbonyl (C=O) groups is 2. The molecular formula is C28H26I2N4O8. The smallest absolute Gasteiger partial charge is 0.332 e. The van der Waals surface area contributed by atoms with Crippen LogP contribution in [0.2, 0.25) is 0 Å². The van der Waals surface area contributed by atoms with E-state index in [0.29, 0.717) is 11.5 Å². The van der Waals surface area contributed by atoms with Gasteiger partial charge in [-0.3, -0.25) is 33.3 Å². The minimum Gasteiger partial charge on any atom is -0.497 e. The summed E-state index contributed by atoms with van der Waals surface area (Å²) in [5.41, 5.74) is -0.444. The molecule has 220 valence electrons. The molecule has 2 N–H and O–H groups in total. The highest BCUT2D eigenvalue weighted by Crippen LogP contribution is 2.15. The molecule has 2 aromatic carbocycles. The van der Waals surface area contributed by atoms with E-state index in [-0.39, 0.29) is 43.2 Å². The molecule has 0 atom stereocenters. The normalized spacial score (nSPS) is 10.4. The van der Waals surface area contributed by atoms with Gasteiger partial charge in [0.2, 0.25) is 0 Å². The number of carbonyl (C=O) groups excluding carboxylic acids is 2. The number of aromatic amines is 2. The van der Waals surface area contributed by atoms with E-state index in [1.54, 1.807) is 73.2 Å². The standard InChI is InChI=1S/C22H21IN2O5.C6H5IN2O3/c1-14(26)20-19(23)21(27)25(13-16-6-10-18(30-3)11-7-16)22(28)24(20)12-15-4-8-17(29-2)9-5-15;1-2(10)4-3(7)5(11)9-6(12)8-4/h4-11H,12-13H2,1-3H3;1H3,(H2,8,9,11,12). The SMILES string of the molecule is CC(=O)c1[nH]c(=O)[nH]c(=O)c1I.COc1ccc(Cn2c(C(C)=O)c(I)c(=O)n(Cc3ccc(OC)cc3)c2=O)cc1. The van der Waals surface area contributed by atoms with Crippen LogP contribution in [-0.4, -0.2) is 44.9 Å². The van der Waals surface area contributed by atoms with Crippen LogP contribution in [0.3, 0.4) is 0 Å². The van der Waals surface area contributed by atoms with Crippen molar-refractivity contribution in [3.05, 3.63) is 120 Å². The predicted octanol–water partition coefficient (Wildman–Crippen LogP) is 2.80. The number of Topliss-reactive ketones (excluding diaryl/α,β-unsaturated/α-hetero) is 2. The number of H-pyrrole nitrogens is 2. The maximum absolute atomic E-state index is 13.2. The molecule has 4 rings (SSSR count). The van der Waals surface area contributed by atoms with Crippen molar-refractivity contribution in [2.75, 3.05) is 14.2 Å². The van der Waals surface area contributed by atoms with Gasteiger partial charge in [0.25, 0.3) is 11.1 Å². The molecule has 0 fully saturated rings. The summed E-state index contributed by atoms with van der Waals surface area (Å²) in [5.74, 6) is 0.711. The van der Waals surface area contributed by atoms with Gasteiger partial charge in [-0.1, -0.05) is 24.3 Å². The number of aromatic nitrogens is 4. The van der Waals surface area contributed by atoms with E-state index >= 15 is 0 Å². The molecule has 0 radical (unpaired) electrons. The van der Waals surface area contributed by atoms with Crippen molar-refractivity contribution in [1.29, 1.82) is 0 Å². The highest BCUT2D eigenvalue weighted by molar-refractivity contribution is 14.1. The Hall–Kier alpha value is -3.80. The summed E-state index contributed by atoms with van der Waals surface area (Å²) in [4.78, 5) is 75.1. The number of ether oxygens (including phenoxy) is 2. The number of hydrogen-bond acceptors (Lipinski definition) is 8. The molecule has 12 nitrogen and oxygen atoms in total. The number of rotatable bonds is 8. The summed E-state index contributed by atoms with van der Waals surface area (Å²) in [6.07, 6.45) is 0. The molecule has 0 amide bonds. The Morgan fingerprint density at radius 3 is 1.62 bits per heavy atom. The summed E-state index contributed by atoms with van der Waals surface area (Å²) in [5, 5.41) is 0. The van der Waals surface area contributed by atoms with Crippen LogP contribution in [0.4, 0.5) is 0 Å². The monoisotopic (exact) mass is 800 g/mol. The first-order valence-corrected chi connectivity index (χ1v) is 14.4. The molecule has 14 heteroatoms. The van der Waals surface area contributed by atoms with Crippen molar-refractivity contribution in [2.45, 2.75) is 26.9 Å². The number of nitrogens with one attached hydrogen (secondary N) is 2. The summed E-state index contributed by atoms with van der Waals surface area (Å²) >= 11 is 3.54. The van der Waals surface area contributed by atoms with Gasteiger partial charge in [-0.2, -0.15) is 0 Å². The molecule has 0 unspecified atom stereocenters. The Bertz CT molecular complexity index is 1850. The van der Waals surface area contributed by atoms with Gasteiger partial charge in [-0.15, -0.1) is 0 Å². The second-order valence-corrected chi connectivity index (χ2v) is 11.0. The number of hydrogen-bond donors (Lipinski definition) is 2. The molecule has 0 aliphatic carbocycles. The van der Waals surface area contributed by atoms with Crippen LogP contribution in [0.1, 0.15) is 46.0 Å². The minimum atomic E-state index is -0.661. The number of benzene rings is 2. The zero-order chi connectivity index (χ0) is 31.1. The highest BCUT2D eigenvalue weighted by atomic mass is 127. The van der Waals surface area contributed by atoms with Crippen molar-refractivity contribution in [3.63, 3.8) is 0 Å². The average Bonchev–Trinajstić information content (AvgIpc) is 2.96. The number of ketones is 2. The number of nitrogens with zero attached hydrogens (tertiary/aromatic N) is 2. The van der Waals surface area contributed by atoms with Crippen LogP contribution >= 0.6 is 45.2 Å². The lowest BCUT2D eigenvalue weighted by atomic mass is 10.2. The van der Waals surface area contributed by atoms with Gasteiger partial charge in [-0.25, -0.2) is 9.59 Å². The van der Waals surface area contributed by atoms with Gasteiger partial charge in [0.15, 0.2) is 11.6 Å². The summed E-state index contributed by atoms with van der Waals surface area (Å²) < 4.78 is 13.3. The fraction of sp³-hybridized carbons (Fsp3) is 0.214. The molecule has 42 heavy (non-hydrogen) atoms. The van der Waals surface area contributed by atoms with Crippen molar-refractivity contribution in [1.82, 2.24) is 19.1 Å². The second kappa shape index (κ2) is 14.4. The van der Waals surface area contributed by atoms with Crippen LogP contribution in [-0.2, 0) is 13.1 Å². The Kier molecular flexibility index (Phi) is 11.2. The third-order valence-corrected chi connectivity index (χ3v) is 7.94. The van der Waals surface area contributed by atoms with E-state index < -0.39 is 22.5 Å². The Labute approximate surface area is 266 Å². The first-order valence-electron chi connectivity index (χ1n) is 12.2. The Balaban J connectivity index is 0.000000337. The van der Waals surface area contributed by atoms with Crippen LogP contribution in [0.25, 0.3) is 0 Å². The molecule has 2 aromatic heterocycles. The number of halogens is 2. The maximum Gasteiger partial charge on any atom is 0.332 e. The van der Waals surface area contributed by atoms with Crippen molar-refractivity contribution >= 4 is 56.7 Å². The van der Waals surface area contributed by atoms with Crippen LogP contribution in [0, 0.1) is 7.14 Å². The average molecular weight is 800 g/mol. The molecule has 4 aromatic rings. The van der Waals surface area contributed by atoms with Crippen molar-refractivity contribution in [2.24, 2.45) is 0 Å². The van der Waals surface area contributed by atoms with Gasteiger partial charge >= 0.3 is 11.4 Å². The van der Waals surface area contributed by atoms with E-state index in [9.17, 15) is 28.8 Å². The van der Waals surface area contributed by atoms with Crippen LogP contribution in [0.5, 0.6) is 11.5 Å². The topological polar surface area (TPSA) is 162 Å². The van der Waals surface area contributed by atoms with Gasteiger partial charge in [0.05, 0.1) is 27.3 Å². The molecule has 0 aliphatic heterocycles. The van der Waals surface area contributed by atoms with E-state index in [4.69, 9.17) is 9.47 Å². The molecule has 0 spiro atoms. The largest absolute Gasteiger partial charge is 0.497 e. The minimum absolute atomic E-state index is 0.0596. The van der Waals surface area contributed by atoms with Gasteiger partial charge in [0.1, 0.15) is 30.0 Å². The summed E-state index contributed by atoms with van der Waals surface area (Å²) in [7, 11) is 3.14. The van der Waals surface area contributed by atoms with E-state index in [1.165, 1.54) is 18.4 Å². The lowest BCUT2D eigenvalue weighted by Crippen LogP contribution is -2.44. The fourth-order valence-corrected chi connectivity index (χ4v) is 5.45. The van der Waals surface area contributed by atoms with Crippen LogP contribution < -0.4 is 32.0 Å².